The van der Waals surface area contributed by atoms with Gasteiger partial charge >= 0.3 is 10.2 Å². The monoisotopic (exact) mass is 734 g/mol. The van der Waals surface area contributed by atoms with Crippen LogP contribution in [-0.2, 0) is 34.1 Å². The van der Waals surface area contributed by atoms with Crippen molar-refractivity contribution >= 4 is 43.7 Å². The van der Waals surface area contributed by atoms with Crippen LogP contribution in [0.1, 0.15) is 131 Å². The minimum Gasteiger partial charge on any atom is -0.388 e. The molecule has 2 saturated carbocycles. The predicted octanol–water partition coefficient (Wildman–Crippen LogP) is 9.89. The van der Waals surface area contributed by atoms with Crippen LogP contribution in [-0.4, -0.2) is 59.0 Å². The fraction of sp³-hybridized carbons (Fsp3) is 0.667. The van der Waals surface area contributed by atoms with E-state index in [-0.39, 0.29) is 10.8 Å². The smallest absolute Gasteiger partial charge is 0.303 e. The van der Waals surface area contributed by atoms with Crippen molar-refractivity contribution in [2.24, 2.45) is 11.8 Å². The van der Waals surface area contributed by atoms with Crippen molar-refractivity contribution in [3.63, 3.8) is 0 Å². The molecule has 9 nitrogen and oxygen atoms in total. The lowest BCUT2D eigenvalue weighted by molar-refractivity contribution is 0.313. The van der Waals surface area contributed by atoms with E-state index in [1.54, 1.807) is 7.05 Å². The minimum atomic E-state index is -3.55. The maximum Gasteiger partial charge on any atom is 0.303 e. The molecule has 0 radical (unpaired) electrons. The van der Waals surface area contributed by atoms with Crippen molar-refractivity contribution < 1.29 is 8.42 Å². The van der Waals surface area contributed by atoms with E-state index in [1.165, 1.54) is 84.2 Å². The van der Waals surface area contributed by atoms with E-state index in [4.69, 9.17) is 9.97 Å². The summed E-state index contributed by atoms with van der Waals surface area (Å²) in [4.78, 5) is 9.97. The molecule has 4 aromatic rings. The molecule has 2 fully saturated rings. The van der Waals surface area contributed by atoms with E-state index in [1.807, 2.05) is 39.1 Å². The van der Waals surface area contributed by atoms with Gasteiger partial charge in [-0.1, -0.05) is 93.9 Å². The molecule has 10 heteroatoms. The van der Waals surface area contributed by atoms with Gasteiger partial charge in [-0.15, -0.1) is 0 Å². The molecule has 2 aliphatic rings. The number of hydrogen-bond donors (Lipinski definition) is 1. The number of aromatic nitrogens is 4. The van der Waals surface area contributed by atoms with Crippen molar-refractivity contribution in [2.75, 3.05) is 36.8 Å². The second kappa shape index (κ2) is 16.5. The maximum absolute atomic E-state index is 12.9. The third-order valence-corrected chi connectivity index (χ3v) is 13.3. The average molecular weight is 734 g/mol. The molecule has 0 spiro atoms. The predicted molar refractivity (Wildman–Crippen MR) is 220 cm³/mol. The molecule has 0 bridgehead atoms. The Labute approximate surface area is 314 Å². The van der Waals surface area contributed by atoms with Crippen LogP contribution >= 0.6 is 0 Å². The number of rotatable bonds is 10. The average Bonchev–Trinajstić information content (AvgIpc) is 3.67. The lowest BCUT2D eigenvalue weighted by Gasteiger charge is -2.27. The van der Waals surface area contributed by atoms with Crippen molar-refractivity contribution in [1.82, 2.24) is 23.4 Å². The van der Waals surface area contributed by atoms with E-state index in [9.17, 15) is 8.42 Å². The summed E-state index contributed by atoms with van der Waals surface area (Å²) in [6, 6.07) is 12.4. The number of hydrogen-bond acceptors (Lipinski definition) is 5. The molecule has 6 rings (SSSR count). The first-order valence-corrected chi connectivity index (χ1v) is 21.4. The molecule has 2 aromatic heterocycles. The molecule has 0 unspecified atom stereocenters. The van der Waals surface area contributed by atoms with Crippen LogP contribution in [0.3, 0.4) is 0 Å². The first-order valence-electron chi connectivity index (χ1n) is 20.0. The van der Waals surface area contributed by atoms with Crippen LogP contribution in [0.2, 0.25) is 0 Å². The molecule has 2 heterocycles. The third-order valence-electron chi connectivity index (χ3n) is 11.2. The fourth-order valence-electron chi connectivity index (χ4n) is 8.23. The summed E-state index contributed by atoms with van der Waals surface area (Å²) in [5, 5.41) is 3.22. The van der Waals surface area contributed by atoms with Crippen molar-refractivity contribution in [1.29, 1.82) is 0 Å². The van der Waals surface area contributed by atoms with Gasteiger partial charge in [-0.05, 0) is 73.9 Å². The topological polar surface area (TPSA) is 88.3 Å². The molecule has 2 aliphatic carbocycles. The first kappa shape index (κ1) is 40.1. The van der Waals surface area contributed by atoms with Crippen molar-refractivity contribution in [3.8, 4) is 0 Å². The van der Waals surface area contributed by atoms with Gasteiger partial charge < -0.3 is 14.5 Å². The Morgan fingerprint density at radius 1 is 0.712 bits per heavy atom. The van der Waals surface area contributed by atoms with Crippen LogP contribution in [0.25, 0.3) is 22.1 Å². The molecule has 0 amide bonds. The summed E-state index contributed by atoms with van der Waals surface area (Å²) in [5.41, 5.74) is 6.16. The van der Waals surface area contributed by atoms with E-state index in [0.717, 1.165) is 47.1 Å². The summed E-state index contributed by atoms with van der Waals surface area (Å²) in [6.45, 7) is 20.2. The number of imidazole rings is 2. The Hall–Kier alpha value is -3.11. The van der Waals surface area contributed by atoms with Gasteiger partial charge in [0.1, 0.15) is 11.6 Å². The van der Waals surface area contributed by atoms with E-state index in [2.05, 4.69) is 74.2 Å². The fourth-order valence-corrected chi connectivity index (χ4v) is 9.61. The Morgan fingerprint density at radius 3 is 1.58 bits per heavy atom. The minimum absolute atomic E-state index is 0.0763. The molecular formula is C42H67N7O2S. The Bertz CT molecular complexity index is 1880. The van der Waals surface area contributed by atoms with Gasteiger partial charge in [0.05, 0.1) is 27.8 Å². The molecule has 0 atom stereocenters. The van der Waals surface area contributed by atoms with E-state index >= 15 is 0 Å². The largest absolute Gasteiger partial charge is 0.388 e. The van der Waals surface area contributed by atoms with Crippen LogP contribution in [0.5, 0.6) is 0 Å². The number of nitrogens with one attached hydrogen (secondary N) is 1. The van der Waals surface area contributed by atoms with Gasteiger partial charge in [-0.3, -0.25) is 4.31 Å². The Morgan fingerprint density at radius 2 is 1.15 bits per heavy atom. The molecule has 0 saturated heterocycles. The van der Waals surface area contributed by atoms with Crippen LogP contribution in [0.15, 0.2) is 36.4 Å². The summed E-state index contributed by atoms with van der Waals surface area (Å²) >= 11 is 0. The zero-order chi connectivity index (χ0) is 37.8. The van der Waals surface area contributed by atoms with Gasteiger partial charge in [-0.2, -0.15) is 12.7 Å². The van der Waals surface area contributed by atoms with E-state index in [0.29, 0.717) is 24.7 Å². The van der Waals surface area contributed by atoms with Gasteiger partial charge in [0, 0.05) is 56.8 Å². The lowest BCUT2D eigenvalue weighted by Crippen LogP contribution is -2.41. The highest BCUT2D eigenvalue weighted by Gasteiger charge is 2.29. The number of anilines is 2. The zero-order valence-electron chi connectivity index (χ0n) is 33.9. The van der Waals surface area contributed by atoms with Crippen LogP contribution in [0.4, 0.5) is 11.4 Å². The second-order valence-electron chi connectivity index (χ2n) is 17.3. The van der Waals surface area contributed by atoms with Gasteiger partial charge in [0.15, 0.2) is 0 Å². The summed E-state index contributed by atoms with van der Waals surface area (Å²) < 4.78 is 33.6. The normalized spacial score (nSPS) is 16.8. The number of fused-ring (bicyclic) bond motifs is 2. The van der Waals surface area contributed by atoms with Gasteiger partial charge in [0.25, 0.3) is 0 Å². The van der Waals surface area contributed by atoms with Gasteiger partial charge in [0.2, 0.25) is 0 Å². The van der Waals surface area contributed by atoms with Crippen LogP contribution < -0.4 is 9.62 Å². The summed E-state index contributed by atoms with van der Waals surface area (Å²) in [6.07, 6.45) is 13.5. The number of nitrogens with zero attached hydrogens (tertiary/aromatic N) is 6. The van der Waals surface area contributed by atoms with Crippen molar-refractivity contribution in [3.05, 3.63) is 48.0 Å². The highest BCUT2D eigenvalue weighted by molar-refractivity contribution is 7.90. The van der Waals surface area contributed by atoms with E-state index < -0.39 is 10.2 Å². The molecule has 2 aromatic carbocycles. The highest BCUT2D eigenvalue weighted by atomic mass is 32.2. The van der Waals surface area contributed by atoms with Crippen LogP contribution in [0, 0.1) is 11.8 Å². The maximum atomic E-state index is 12.9. The quantitative estimate of drug-likeness (QED) is 0.175. The second-order valence-corrected chi connectivity index (χ2v) is 19.2. The molecule has 0 aliphatic heterocycles. The Balaban J connectivity index is 0.000000210. The number of benzene rings is 2. The molecule has 1 N–H and O–H groups in total. The zero-order valence-corrected chi connectivity index (χ0v) is 34.7. The standard InChI is InChI=1S/C23H38N4O2S.C19H29N3/c1-7-26(8-2)30(28,29)25(6)19-14-15-21-20(16-19)24-22(23(3,4)5)27(21)17-18-12-10-9-11-13-18;1-19(2,3)18-21-16-12-15(20-4)10-11-17(16)22(18)13-14-8-6-5-7-9-14/h14-16,18H,7-13,17H2,1-6H3;10-12,14,20H,5-9,13H2,1-4H3. The highest BCUT2D eigenvalue weighted by Crippen LogP contribution is 2.34. The molecular weight excluding hydrogens is 667 g/mol. The third kappa shape index (κ3) is 8.98. The van der Waals surface area contributed by atoms with Gasteiger partial charge in [-0.25, -0.2) is 9.97 Å². The SMILES string of the molecule is CCN(CC)S(=O)(=O)N(C)c1ccc2c(c1)nc(C(C)(C)C)n2CC1CCCCC1.CNc1ccc2c(c1)nc(C(C)(C)C)n2CC1CCCCC1. The summed E-state index contributed by atoms with van der Waals surface area (Å²) in [5.74, 6) is 3.81. The molecule has 288 valence electrons. The van der Waals surface area contributed by atoms with Crippen molar-refractivity contribution in [2.45, 2.75) is 144 Å². The Kier molecular flexibility index (Phi) is 12.7. The molecule has 52 heavy (non-hydrogen) atoms. The summed E-state index contributed by atoms with van der Waals surface area (Å²) in [7, 11) is 0.0414. The lowest BCUT2D eigenvalue weighted by atomic mass is 9.88. The first-order chi connectivity index (χ1) is 24.6.